The first-order chi connectivity index (χ1) is 12.8. The Kier molecular flexibility index (Phi) is 6.20. The molecule has 0 aliphatic carbocycles. The summed E-state index contributed by atoms with van der Waals surface area (Å²) in [5.74, 6) is 0.205. The highest BCUT2D eigenvalue weighted by Gasteiger charge is 2.12. The van der Waals surface area contributed by atoms with E-state index in [2.05, 4.69) is 17.2 Å². The van der Waals surface area contributed by atoms with E-state index in [-0.39, 0.29) is 5.91 Å². The van der Waals surface area contributed by atoms with Crippen molar-refractivity contribution in [2.75, 3.05) is 13.1 Å². The Morgan fingerprint density at radius 3 is 2.35 bits per heavy atom. The molecule has 0 aliphatic heterocycles. The van der Waals surface area contributed by atoms with Gasteiger partial charge in [0, 0.05) is 25.7 Å². The van der Waals surface area contributed by atoms with Crippen molar-refractivity contribution >= 4 is 5.91 Å². The summed E-state index contributed by atoms with van der Waals surface area (Å²) in [5, 5.41) is 4.40. The summed E-state index contributed by atoms with van der Waals surface area (Å²) >= 11 is 0. The summed E-state index contributed by atoms with van der Waals surface area (Å²) in [4.78, 5) is 14.5. The summed E-state index contributed by atoms with van der Waals surface area (Å²) in [6, 6.07) is 20.3. The van der Waals surface area contributed by atoms with Crippen LogP contribution in [0.4, 0.5) is 0 Å². The quantitative estimate of drug-likeness (QED) is 0.620. The van der Waals surface area contributed by atoms with Gasteiger partial charge in [-0.25, -0.2) is 4.68 Å². The Morgan fingerprint density at radius 1 is 0.962 bits per heavy atom. The Balaban J connectivity index is 1.51. The van der Waals surface area contributed by atoms with Gasteiger partial charge in [0.25, 0.3) is 0 Å². The fourth-order valence-corrected chi connectivity index (χ4v) is 2.99. The average molecular weight is 347 g/mol. The standard InChI is InChI=1S/C22H25N3O/c1-2-24(16-15-19-9-5-3-6-10-19)22(26)14-13-20-17-23-25(18-20)21-11-7-4-8-12-21/h3-12,17-18H,2,13-16H2,1H3. The van der Waals surface area contributed by atoms with Crippen LogP contribution in [0.25, 0.3) is 5.69 Å². The maximum absolute atomic E-state index is 12.5. The van der Waals surface area contributed by atoms with Crippen molar-refractivity contribution in [3.63, 3.8) is 0 Å². The van der Waals surface area contributed by atoms with Gasteiger partial charge in [0.05, 0.1) is 11.9 Å². The molecule has 1 aromatic heterocycles. The third-order valence-corrected chi connectivity index (χ3v) is 4.53. The number of benzene rings is 2. The van der Waals surface area contributed by atoms with Crippen LogP contribution in [0.2, 0.25) is 0 Å². The van der Waals surface area contributed by atoms with Gasteiger partial charge in [-0.1, -0.05) is 48.5 Å². The number of hydrogen-bond acceptors (Lipinski definition) is 2. The van der Waals surface area contributed by atoms with Crippen LogP contribution in [0, 0.1) is 0 Å². The van der Waals surface area contributed by atoms with Crippen LogP contribution < -0.4 is 0 Å². The van der Waals surface area contributed by atoms with Crippen molar-refractivity contribution in [2.24, 2.45) is 0 Å². The van der Waals surface area contributed by atoms with Gasteiger partial charge in [-0.3, -0.25) is 4.79 Å². The van der Waals surface area contributed by atoms with Gasteiger partial charge in [-0.2, -0.15) is 5.10 Å². The maximum atomic E-state index is 12.5. The second-order valence-electron chi connectivity index (χ2n) is 6.34. The largest absolute Gasteiger partial charge is 0.343 e. The van der Waals surface area contributed by atoms with E-state index in [0.29, 0.717) is 12.8 Å². The molecular weight excluding hydrogens is 322 g/mol. The number of nitrogens with zero attached hydrogens (tertiary/aromatic N) is 3. The second kappa shape index (κ2) is 8.99. The molecule has 2 aromatic carbocycles. The molecule has 4 heteroatoms. The van der Waals surface area contributed by atoms with E-state index < -0.39 is 0 Å². The van der Waals surface area contributed by atoms with Crippen LogP contribution in [0.15, 0.2) is 73.1 Å². The highest BCUT2D eigenvalue weighted by molar-refractivity contribution is 5.76. The van der Waals surface area contributed by atoms with Crippen LogP contribution in [0.1, 0.15) is 24.5 Å². The molecule has 0 fully saturated rings. The first-order valence-electron chi connectivity index (χ1n) is 9.17. The summed E-state index contributed by atoms with van der Waals surface area (Å²) in [7, 11) is 0. The number of carbonyl (C=O) groups is 1. The Hall–Kier alpha value is -2.88. The SMILES string of the molecule is CCN(CCc1ccccc1)C(=O)CCc1cnn(-c2ccccc2)c1. The van der Waals surface area contributed by atoms with Crippen molar-refractivity contribution in [2.45, 2.75) is 26.2 Å². The van der Waals surface area contributed by atoms with E-state index in [1.807, 2.05) is 77.4 Å². The molecule has 1 amide bonds. The molecule has 0 spiro atoms. The Morgan fingerprint density at radius 2 is 1.65 bits per heavy atom. The molecule has 0 saturated heterocycles. The number of rotatable bonds is 8. The summed E-state index contributed by atoms with van der Waals surface area (Å²) < 4.78 is 1.85. The molecule has 0 unspecified atom stereocenters. The molecule has 0 N–H and O–H groups in total. The predicted octanol–water partition coefficient (Wildman–Crippen LogP) is 3.90. The third-order valence-electron chi connectivity index (χ3n) is 4.53. The molecule has 0 atom stereocenters. The van der Waals surface area contributed by atoms with Crippen molar-refractivity contribution < 1.29 is 4.79 Å². The van der Waals surface area contributed by atoms with E-state index in [0.717, 1.165) is 30.8 Å². The van der Waals surface area contributed by atoms with Gasteiger partial charge >= 0.3 is 0 Å². The number of para-hydroxylation sites is 1. The Labute approximate surface area is 155 Å². The lowest BCUT2D eigenvalue weighted by atomic mass is 10.1. The van der Waals surface area contributed by atoms with Crippen molar-refractivity contribution in [1.29, 1.82) is 0 Å². The summed E-state index contributed by atoms with van der Waals surface area (Å²) in [6.07, 6.45) is 5.98. The predicted molar refractivity (Wildman–Crippen MR) is 104 cm³/mol. The van der Waals surface area contributed by atoms with E-state index >= 15 is 0 Å². The van der Waals surface area contributed by atoms with Crippen molar-refractivity contribution in [1.82, 2.24) is 14.7 Å². The average Bonchev–Trinajstić information content (AvgIpc) is 3.17. The molecule has 134 valence electrons. The zero-order valence-corrected chi connectivity index (χ0v) is 15.2. The minimum absolute atomic E-state index is 0.205. The van der Waals surface area contributed by atoms with Gasteiger partial charge in [-0.05, 0) is 43.0 Å². The highest BCUT2D eigenvalue weighted by Crippen LogP contribution is 2.10. The zero-order valence-electron chi connectivity index (χ0n) is 15.2. The number of likely N-dealkylation sites (N-methyl/N-ethyl adjacent to an activating group) is 1. The maximum Gasteiger partial charge on any atom is 0.222 e. The van der Waals surface area contributed by atoms with Gasteiger partial charge in [-0.15, -0.1) is 0 Å². The van der Waals surface area contributed by atoms with Crippen molar-refractivity contribution in [3.05, 3.63) is 84.2 Å². The molecule has 0 aliphatic rings. The van der Waals surface area contributed by atoms with Crippen molar-refractivity contribution in [3.8, 4) is 5.69 Å². The molecule has 0 saturated carbocycles. The van der Waals surface area contributed by atoms with E-state index in [1.165, 1.54) is 5.56 Å². The smallest absolute Gasteiger partial charge is 0.222 e. The third kappa shape index (κ3) is 4.82. The summed E-state index contributed by atoms with van der Waals surface area (Å²) in [5.41, 5.74) is 3.38. The lowest BCUT2D eigenvalue weighted by molar-refractivity contribution is -0.130. The first kappa shape index (κ1) is 17.9. The van der Waals surface area contributed by atoms with Gasteiger partial charge in [0.2, 0.25) is 5.91 Å². The fourth-order valence-electron chi connectivity index (χ4n) is 2.99. The molecule has 0 radical (unpaired) electrons. The lowest BCUT2D eigenvalue weighted by Crippen LogP contribution is -2.32. The number of amides is 1. The minimum Gasteiger partial charge on any atom is -0.343 e. The Bertz CT molecular complexity index is 812. The van der Waals surface area contributed by atoms with E-state index in [9.17, 15) is 4.79 Å². The number of carbonyl (C=O) groups excluding carboxylic acids is 1. The van der Waals surface area contributed by atoms with E-state index in [4.69, 9.17) is 0 Å². The number of hydrogen-bond donors (Lipinski definition) is 0. The van der Waals surface area contributed by atoms with Crippen LogP contribution in [0.5, 0.6) is 0 Å². The second-order valence-corrected chi connectivity index (χ2v) is 6.34. The minimum atomic E-state index is 0.205. The fraction of sp³-hybridized carbons (Fsp3) is 0.273. The number of aryl methyl sites for hydroxylation is 1. The van der Waals surface area contributed by atoms with Crippen LogP contribution >= 0.6 is 0 Å². The molecule has 3 aromatic rings. The number of aromatic nitrogens is 2. The molecule has 4 nitrogen and oxygen atoms in total. The van der Waals surface area contributed by atoms with Gasteiger partial charge in [0.15, 0.2) is 0 Å². The van der Waals surface area contributed by atoms with E-state index in [1.54, 1.807) is 0 Å². The molecule has 26 heavy (non-hydrogen) atoms. The normalized spacial score (nSPS) is 10.7. The van der Waals surface area contributed by atoms with Gasteiger partial charge < -0.3 is 4.90 Å². The van der Waals surface area contributed by atoms with Gasteiger partial charge in [0.1, 0.15) is 0 Å². The molecule has 1 heterocycles. The monoisotopic (exact) mass is 347 g/mol. The highest BCUT2D eigenvalue weighted by atomic mass is 16.2. The molecular formula is C22H25N3O. The first-order valence-corrected chi connectivity index (χ1v) is 9.17. The van der Waals surface area contributed by atoms with Crippen LogP contribution in [-0.2, 0) is 17.6 Å². The summed E-state index contributed by atoms with van der Waals surface area (Å²) in [6.45, 7) is 3.55. The topological polar surface area (TPSA) is 38.1 Å². The lowest BCUT2D eigenvalue weighted by Gasteiger charge is -2.20. The van der Waals surface area contributed by atoms with Crippen LogP contribution in [-0.4, -0.2) is 33.7 Å². The zero-order chi connectivity index (χ0) is 18.2. The molecule has 3 rings (SSSR count). The van der Waals surface area contributed by atoms with Crippen LogP contribution in [0.3, 0.4) is 0 Å². The molecule has 0 bridgehead atoms.